The van der Waals surface area contributed by atoms with Crippen LogP contribution in [0.15, 0.2) is 82.4 Å². The second-order valence-corrected chi connectivity index (χ2v) is 14.9. The lowest BCUT2D eigenvalue weighted by atomic mass is 10.0. The fourth-order valence-electron chi connectivity index (χ4n) is 3.80. The third kappa shape index (κ3) is 4.59. The molecule has 35 heavy (non-hydrogen) atoms. The highest BCUT2D eigenvalue weighted by atomic mass is 28.4. The minimum absolute atomic E-state index is 0.00757. The predicted molar refractivity (Wildman–Crippen MR) is 141 cm³/mol. The zero-order valence-electron chi connectivity index (χ0n) is 20.8. The molecule has 1 heterocycles. The van der Waals surface area contributed by atoms with Gasteiger partial charge in [-0.05, 0) is 47.1 Å². The summed E-state index contributed by atoms with van der Waals surface area (Å²) >= 11 is 0. The molecule has 0 aliphatic carbocycles. The average molecular weight is 490 g/mol. The Morgan fingerprint density at radius 3 is 2.17 bits per heavy atom. The lowest BCUT2D eigenvalue weighted by molar-refractivity contribution is 0.0917. The normalized spacial score (nSPS) is 12.3. The van der Waals surface area contributed by atoms with Gasteiger partial charge < -0.3 is 4.43 Å². The van der Waals surface area contributed by atoms with Crippen LogP contribution in [-0.4, -0.2) is 34.8 Å². The van der Waals surface area contributed by atoms with E-state index in [1.807, 2.05) is 30.3 Å². The zero-order valence-corrected chi connectivity index (χ0v) is 21.8. The van der Waals surface area contributed by atoms with E-state index in [1.54, 1.807) is 42.5 Å². The Morgan fingerprint density at radius 1 is 0.857 bits per heavy atom. The number of carbonyl (C=O) groups excluding carboxylic acids is 1. The molecule has 0 N–H and O–H groups in total. The van der Waals surface area contributed by atoms with Crippen LogP contribution in [0.25, 0.3) is 16.5 Å². The first-order valence-corrected chi connectivity index (χ1v) is 14.6. The molecule has 1 aromatic heterocycles. The first-order chi connectivity index (χ1) is 16.5. The smallest absolute Gasteiger partial charge is 0.359 e. The molecule has 0 saturated heterocycles. The maximum atomic E-state index is 13.8. The highest BCUT2D eigenvalue weighted by molar-refractivity contribution is 6.74. The molecule has 0 unspecified atom stereocenters. The molecule has 7 nitrogen and oxygen atoms in total. The van der Waals surface area contributed by atoms with Crippen molar-refractivity contribution in [1.82, 2.24) is 13.9 Å². The summed E-state index contributed by atoms with van der Waals surface area (Å²) in [7, 11) is -2.09. The summed E-state index contributed by atoms with van der Waals surface area (Å²) in [6.07, 6.45) is 0. The lowest BCUT2D eigenvalue weighted by Crippen LogP contribution is -2.42. The third-order valence-corrected chi connectivity index (χ3v) is 11.4. The number of aromatic nitrogens is 3. The van der Waals surface area contributed by atoms with Crippen molar-refractivity contribution in [3.05, 3.63) is 99.3 Å². The number of hydrogen-bond acceptors (Lipinski definition) is 4. The van der Waals surface area contributed by atoms with Crippen molar-refractivity contribution in [2.45, 2.75) is 45.4 Å². The van der Waals surface area contributed by atoms with Crippen molar-refractivity contribution >= 4 is 25.0 Å². The number of fused-ring (bicyclic) bond motifs is 1. The first kappa shape index (κ1) is 24.6. The van der Waals surface area contributed by atoms with Crippen LogP contribution in [0.5, 0.6) is 0 Å². The Labute approximate surface area is 205 Å². The first-order valence-electron chi connectivity index (χ1n) is 11.7. The van der Waals surface area contributed by atoms with Crippen LogP contribution in [0, 0.1) is 0 Å². The summed E-state index contributed by atoms with van der Waals surface area (Å²) in [4.78, 5) is 40.8. The topological polar surface area (TPSA) is 75.2 Å². The van der Waals surface area contributed by atoms with Crippen molar-refractivity contribution in [1.29, 1.82) is 0 Å². The van der Waals surface area contributed by atoms with Gasteiger partial charge >= 0.3 is 11.4 Å². The molecule has 0 aliphatic heterocycles. The maximum Gasteiger partial charge on any atom is 0.359 e. The molecule has 0 amide bonds. The molecule has 0 fully saturated rings. The van der Waals surface area contributed by atoms with Gasteiger partial charge in [-0.1, -0.05) is 75.4 Å². The van der Waals surface area contributed by atoms with E-state index >= 15 is 0 Å². The molecule has 8 heteroatoms. The van der Waals surface area contributed by atoms with Crippen molar-refractivity contribution in [2.24, 2.45) is 0 Å². The summed E-state index contributed by atoms with van der Waals surface area (Å²) in [6.45, 7) is 11.0. The van der Waals surface area contributed by atoms with E-state index in [0.717, 1.165) is 20.0 Å². The Hall–Kier alpha value is -3.49. The SMILES string of the molecule is CC(C)(C)[Si](C)(C)OCCn1c(=O)n(-c2ccccc2)c(=O)n1C(=O)c1cccc2ccccc12. The van der Waals surface area contributed by atoms with Gasteiger partial charge in [0.1, 0.15) is 0 Å². The quantitative estimate of drug-likeness (QED) is 0.369. The van der Waals surface area contributed by atoms with Crippen molar-refractivity contribution < 1.29 is 9.22 Å². The van der Waals surface area contributed by atoms with Crippen LogP contribution in [-0.2, 0) is 11.0 Å². The maximum absolute atomic E-state index is 13.8. The molecule has 0 atom stereocenters. The summed E-state index contributed by atoms with van der Waals surface area (Å²) in [6, 6.07) is 21.5. The number of nitrogens with zero attached hydrogens (tertiary/aromatic N) is 3. The lowest BCUT2D eigenvalue weighted by Gasteiger charge is -2.36. The van der Waals surface area contributed by atoms with Crippen LogP contribution >= 0.6 is 0 Å². The number of carbonyl (C=O) groups is 1. The van der Waals surface area contributed by atoms with Crippen LogP contribution in [0.2, 0.25) is 18.1 Å². The van der Waals surface area contributed by atoms with Crippen LogP contribution < -0.4 is 11.4 Å². The Balaban J connectivity index is 1.83. The summed E-state index contributed by atoms with van der Waals surface area (Å²) in [5.41, 5.74) is -0.513. The zero-order chi connectivity index (χ0) is 25.4. The molecule has 0 radical (unpaired) electrons. The van der Waals surface area contributed by atoms with E-state index < -0.39 is 25.6 Å². The van der Waals surface area contributed by atoms with E-state index in [-0.39, 0.29) is 18.2 Å². The van der Waals surface area contributed by atoms with Gasteiger partial charge in [-0.25, -0.2) is 18.8 Å². The van der Waals surface area contributed by atoms with Crippen molar-refractivity contribution in [2.75, 3.05) is 6.61 Å². The van der Waals surface area contributed by atoms with Gasteiger partial charge in [0, 0.05) is 5.56 Å². The number of benzene rings is 3. The molecule has 4 rings (SSSR count). The van der Waals surface area contributed by atoms with Crippen LogP contribution in [0.1, 0.15) is 31.1 Å². The fourth-order valence-corrected chi connectivity index (χ4v) is 4.84. The molecule has 3 aromatic carbocycles. The van der Waals surface area contributed by atoms with Crippen LogP contribution in [0.3, 0.4) is 0 Å². The molecule has 182 valence electrons. The van der Waals surface area contributed by atoms with Gasteiger partial charge in [0.15, 0.2) is 8.32 Å². The molecule has 0 saturated carbocycles. The van der Waals surface area contributed by atoms with E-state index in [9.17, 15) is 14.4 Å². The second kappa shape index (κ2) is 9.28. The summed E-state index contributed by atoms with van der Waals surface area (Å²) in [5, 5.41) is 1.59. The third-order valence-electron chi connectivity index (χ3n) is 6.82. The number of para-hydroxylation sites is 1. The standard InChI is InChI=1S/C27H31N3O4Si/c1-27(2,3)35(4,5)34-19-18-28-25(32)29(21-14-7-6-8-15-21)26(33)30(28)24(31)23-17-11-13-20-12-9-10-16-22(20)23/h6-17H,18-19H2,1-5H3. The Kier molecular flexibility index (Phi) is 6.53. The Bertz CT molecular complexity index is 1490. The van der Waals surface area contributed by atoms with E-state index in [2.05, 4.69) is 33.9 Å². The van der Waals surface area contributed by atoms with Gasteiger partial charge in [-0.15, -0.1) is 0 Å². The molecule has 0 aliphatic rings. The summed E-state index contributed by atoms with van der Waals surface area (Å²) < 4.78 is 9.45. The second-order valence-electron chi connectivity index (χ2n) is 10.1. The average Bonchev–Trinajstić information content (AvgIpc) is 3.07. The molecule has 0 bridgehead atoms. The van der Waals surface area contributed by atoms with Gasteiger partial charge in [0.05, 0.1) is 18.8 Å². The highest BCUT2D eigenvalue weighted by Crippen LogP contribution is 2.36. The van der Waals surface area contributed by atoms with Crippen molar-refractivity contribution in [3.8, 4) is 5.69 Å². The predicted octanol–water partition coefficient (Wildman–Crippen LogP) is 4.66. The largest absolute Gasteiger partial charge is 0.415 e. The van der Waals surface area contributed by atoms with Crippen molar-refractivity contribution in [3.63, 3.8) is 0 Å². The van der Waals surface area contributed by atoms with Gasteiger partial charge in [0.25, 0.3) is 5.91 Å². The molecular weight excluding hydrogens is 458 g/mol. The monoisotopic (exact) mass is 489 g/mol. The van der Waals surface area contributed by atoms with E-state index in [4.69, 9.17) is 4.43 Å². The van der Waals surface area contributed by atoms with E-state index in [1.165, 1.54) is 4.68 Å². The van der Waals surface area contributed by atoms with Crippen LogP contribution in [0.4, 0.5) is 0 Å². The number of hydrogen-bond donors (Lipinski definition) is 0. The fraction of sp³-hybridized carbons (Fsp3) is 0.296. The van der Waals surface area contributed by atoms with Gasteiger partial charge in [0.2, 0.25) is 0 Å². The number of rotatable bonds is 6. The molecule has 4 aromatic rings. The van der Waals surface area contributed by atoms with Gasteiger partial charge in [-0.2, -0.15) is 4.68 Å². The highest BCUT2D eigenvalue weighted by Gasteiger charge is 2.37. The van der Waals surface area contributed by atoms with Gasteiger partial charge in [-0.3, -0.25) is 4.79 Å². The minimum atomic E-state index is -2.09. The van der Waals surface area contributed by atoms with E-state index in [0.29, 0.717) is 11.3 Å². The molecular formula is C27H31N3O4Si. The molecule has 0 spiro atoms. The summed E-state index contributed by atoms with van der Waals surface area (Å²) in [5.74, 6) is -0.550. The Morgan fingerprint density at radius 2 is 1.49 bits per heavy atom. The minimum Gasteiger partial charge on any atom is -0.415 e.